The minimum Gasteiger partial charge on any atom is -0.370 e. The van der Waals surface area contributed by atoms with Gasteiger partial charge in [-0.2, -0.15) is 0 Å². The maximum Gasteiger partial charge on any atom is 0.245 e. The van der Waals surface area contributed by atoms with Crippen LogP contribution in [0.1, 0.15) is 44.1 Å². The van der Waals surface area contributed by atoms with Crippen molar-refractivity contribution in [2.24, 2.45) is 11.5 Å². The Morgan fingerprint density at radius 2 is 1.66 bits per heavy atom. The Labute approximate surface area is 211 Å². The first kappa shape index (κ1) is 26.9. The lowest BCUT2D eigenvalue weighted by Gasteiger charge is -2.50. The van der Waals surface area contributed by atoms with Gasteiger partial charge in [0.2, 0.25) is 17.7 Å². The SMILES string of the molecule is N=C(N)NC(=O)CC1(N2CCN(C(=O)C(Cc3ccc(Cl)cc3)NC(=O)CN)CC2)CCCCC1. The molecule has 2 aliphatic rings. The van der Waals surface area contributed by atoms with Crippen molar-refractivity contribution in [3.8, 4) is 0 Å². The first-order chi connectivity index (χ1) is 16.7. The van der Waals surface area contributed by atoms with Gasteiger partial charge in [-0.15, -0.1) is 0 Å². The highest BCUT2D eigenvalue weighted by molar-refractivity contribution is 6.30. The van der Waals surface area contributed by atoms with Gasteiger partial charge in [-0.1, -0.05) is 43.0 Å². The Hall–Kier alpha value is -2.69. The molecule has 1 aliphatic heterocycles. The van der Waals surface area contributed by atoms with Crippen molar-refractivity contribution in [2.45, 2.75) is 56.5 Å². The first-order valence-corrected chi connectivity index (χ1v) is 12.5. The van der Waals surface area contributed by atoms with Gasteiger partial charge in [0.1, 0.15) is 6.04 Å². The predicted molar refractivity (Wildman–Crippen MR) is 135 cm³/mol. The third-order valence-corrected chi connectivity index (χ3v) is 7.23. The lowest BCUT2D eigenvalue weighted by molar-refractivity contribution is -0.139. The number of guanidine groups is 1. The molecule has 10 nitrogen and oxygen atoms in total. The van der Waals surface area contributed by atoms with E-state index in [1.165, 1.54) is 0 Å². The van der Waals surface area contributed by atoms with E-state index in [0.717, 1.165) is 37.7 Å². The molecule has 0 bridgehead atoms. The maximum atomic E-state index is 13.4. The van der Waals surface area contributed by atoms with E-state index in [9.17, 15) is 14.4 Å². The van der Waals surface area contributed by atoms with E-state index in [1.54, 1.807) is 17.0 Å². The molecule has 1 aliphatic carbocycles. The number of nitrogens with one attached hydrogen (secondary N) is 3. The Bertz CT molecular complexity index is 910. The number of hydrogen-bond acceptors (Lipinski definition) is 6. The van der Waals surface area contributed by atoms with Gasteiger partial charge >= 0.3 is 0 Å². The van der Waals surface area contributed by atoms with Gasteiger partial charge in [0, 0.05) is 49.6 Å². The molecule has 0 radical (unpaired) electrons. The van der Waals surface area contributed by atoms with Gasteiger partial charge in [-0.3, -0.25) is 30.0 Å². The summed E-state index contributed by atoms with van der Waals surface area (Å²) >= 11 is 5.98. The van der Waals surface area contributed by atoms with E-state index in [0.29, 0.717) is 37.6 Å². The normalized spacial score (nSPS) is 19.0. The van der Waals surface area contributed by atoms with Gasteiger partial charge in [0.05, 0.1) is 6.54 Å². The van der Waals surface area contributed by atoms with E-state index in [1.807, 2.05) is 12.1 Å². The number of piperazine rings is 1. The van der Waals surface area contributed by atoms with Gasteiger partial charge in [0.15, 0.2) is 5.96 Å². The van der Waals surface area contributed by atoms with Crippen LogP contribution in [0, 0.1) is 5.41 Å². The molecule has 3 amide bonds. The van der Waals surface area contributed by atoms with Crippen LogP contribution in [-0.4, -0.2) is 77.8 Å². The molecule has 1 saturated heterocycles. The minimum atomic E-state index is -0.719. The number of rotatable bonds is 8. The van der Waals surface area contributed by atoms with Gasteiger partial charge in [-0.25, -0.2) is 0 Å². The average Bonchev–Trinajstić information content (AvgIpc) is 2.84. The van der Waals surface area contributed by atoms with Crippen LogP contribution < -0.4 is 22.1 Å². The summed E-state index contributed by atoms with van der Waals surface area (Å²) in [6.45, 7) is 2.09. The Morgan fingerprint density at radius 3 is 2.23 bits per heavy atom. The zero-order chi connectivity index (χ0) is 25.4. The molecule has 35 heavy (non-hydrogen) atoms. The molecule has 11 heteroatoms. The topological polar surface area (TPSA) is 158 Å². The van der Waals surface area contributed by atoms with Crippen LogP contribution in [0.5, 0.6) is 0 Å². The van der Waals surface area contributed by atoms with Gasteiger partial charge < -0.3 is 21.7 Å². The quantitative estimate of drug-likeness (QED) is 0.257. The van der Waals surface area contributed by atoms with Crippen molar-refractivity contribution >= 4 is 35.3 Å². The fourth-order valence-electron chi connectivity index (χ4n) is 5.24. The summed E-state index contributed by atoms with van der Waals surface area (Å²) in [5, 5.41) is 13.1. The summed E-state index contributed by atoms with van der Waals surface area (Å²) in [6, 6.07) is 6.48. The highest BCUT2D eigenvalue weighted by Crippen LogP contribution is 2.37. The lowest BCUT2D eigenvalue weighted by atomic mass is 9.77. The van der Waals surface area contributed by atoms with Crippen LogP contribution in [0.25, 0.3) is 0 Å². The molecule has 1 saturated carbocycles. The number of benzene rings is 1. The van der Waals surface area contributed by atoms with Crippen LogP contribution in [-0.2, 0) is 20.8 Å². The van der Waals surface area contributed by atoms with E-state index in [4.69, 9.17) is 28.5 Å². The number of halogens is 1. The molecule has 0 aromatic heterocycles. The third-order valence-electron chi connectivity index (χ3n) is 6.98. The van der Waals surface area contributed by atoms with Crippen molar-refractivity contribution in [1.29, 1.82) is 5.41 Å². The molecule has 192 valence electrons. The summed E-state index contributed by atoms with van der Waals surface area (Å²) in [5.41, 5.74) is 11.4. The zero-order valence-corrected chi connectivity index (χ0v) is 20.8. The second kappa shape index (κ2) is 12.3. The Kier molecular flexibility index (Phi) is 9.47. The molecule has 1 aromatic carbocycles. The molecule has 1 aromatic rings. The molecule has 2 fully saturated rings. The maximum absolute atomic E-state index is 13.4. The van der Waals surface area contributed by atoms with E-state index >= 15 is 0 Å². The monoisotopic (exact) mass is 505 g/mol. The molecule has 3 rings (SSSR count). The van der Waals surface area contributed by atoms with Crippen LogP contribution in [0.2, 0.25) is 5.02 Å². The second-order valence-corrected chi connectivity index (χ2v) is 9.83. The number of nitrogens with two attached hydrogens (primary N) is 2. The number of amides is 3. The van der Waals surface area contributed by atoms with E-state index in [-0.39, 0.29) is 42.2 Å². The molecule has 1 heterocycles. The molecule has 7 N–H and O–H groups in total. The lowest BCUT2D eigenvalue weighted by Crippen LogP contribution is -2.62. The standard InChI is InChI=1S/C24H36ClN7O3/c25-18-6-4-17(5-7-18)14-19(29-21(34)16-26)22(35)31-10-12-32(13-11-31)24(8-2-1-3-9-24)15-20(33)30-23(27)28/h4-7,19H,1-3,8-16,26H2,(H,29,34)(H4,27,28,30,33). The second-order valence-electron chi connectivity index (χ2n) is 9.39. The third kappa shape index (κ3) is 7.39. The summed E-state index contributed by atoms with van der Waals surface area (Å²) < 4.78 is 0. The van der Waals surface area contributed by atoms with E-state index < -0.39 is 6.04 Å². The van der Waals surface area contributed by atoms with E-state index in [2.05, 4.69) is 15.5 Å². The largest absolute Gasteiger partial charge is 0.370 e. The van der Waals surface area contributed by atoms with Crippen molar-refractivity contribution in [1.82, 2.24) is 20.4 Å². The van der Waals surface area contributed by atoms with Crippen LogP contribution >= 0.6 is 11.6 Å². The van der Waals surface area contributed by atoms with Crippen LogP contribution in [0.15, 0.2) is 24.3 Å². The highest BCUT2D eigenvalue weighted by Gasteiger charge is 2.42. The fourth-order valence-corrected chi connectivity index (χ4v) is 5.37. The Balaban J connectivity index is 1.67. The zero-order valence-electron chi connectivity index (χ0n) is 20.0. The number of carbonyl (C=O) groups is 3. The first-order valence-electron chi connectivity index (χ1n) is 12.1. The predicted octanol–water partition coefficient (Wildman–Crippen LogP) is 0.573. The average molecular weight is 506 g/mol. The molecule has 0 spiro atoms. The smallest absolute Gasteiger partial charge is 0.245 e. The fraction of sp³-hybridized carbons (Fsp3) is 0.583. The minimum absolute atomic E-state index is 0.145. The van der Waals surface area contributed by atoms with Crippen LogP contribution in [0.4, 0.5) is 0 Å². The van der Waals surface area contributed by atoms with Crippen LogP contribution in [0.3, 0.4) is 0 Å². The summed E-state index contributed by atoms with van der Waals surface area (Å²) in [6.07, 6.45) is 5.66. The van der Waals surface area contributed by atoms with Crippen molar-refractivity contribution < 1.29 is 14.4 Å². The molecule has 1 atom stereocenters. The van der Waals surface area contributed by atoms with Crippen molar-refractivity contribution in [3.63, 3.8) is 0 Å². The Morgan fingerprint density at radius 1 is 1.03 bits per heavy atom. The highest BCUT2D eigenvalue weighted by atomic mass is 35.5. The molecular formula is C24H36ClN7O3. The number of hydrogen-bond donors (Lipinski definition) is 5. The summed E-state index contributed by atoms with van der Waals surface area (Å²) in [5.74, 6) is -1.12. The van der Waals surface area contributed by atoms with Gasteiger partial charge in [-0.05, 0) is 30.5 Å². The number of nitrogens with zero attached hydrogens (tertiary/aromatic N) is 2. The van der Waals surface area contributed by atoms with Gasteiger partial charge in [0.25, 0.3) is 0 Å². The molecule has 1 unspecified atom stereocenters. The molecular weight excluding hydrogens is 470 g/mol. The number of carbonyl (C=O) groups excluding carboxylic acids is 3. The summed E-state index contributed by atoms with van der Waals surface area (Å²) in [4.78, 5) is 42.0. The summed E-state index contributed by atoms with van der Waals surface area (Å²) in [7, 11) is 0. The van der Waals surface area contributed by atoms with Crippen molar-refractivity contribution in [2.75, 3.05) is 32.7 Å². The van der Waals surface area contributed by atoms with Crippen molar-refractivity contribution in [3.05, 3.63) is 34.9 Å².